The molecular weight excluding hydrogens is 293 g/mol. The van der Waals surface area contributed by atoms with Crippen molar-refractivity contribution in [2.75, 3.05) is 0 Å². The molecule has 6 heteroatoms. The Morgan fingerprint density at radius 3 is 2.73 bits per heavy atom. The second-order valence-electron chi connectivity index (χ2n) is 6.80. The first-order valence-corrected chi connectivity index (χ1v) is 7.21. The highest BCUT2D eigenvalue weighted by atomic mass is 19.4. The number of hydrogen-bond donors (Lipinski definition) is 1. The summed E-state index contributed by atoms with van der Waals surface area (Å²) in [5.74, 6) is -0.404. The largest absolute Gasteiger partial charge is 0.416 e. The van der Waals surface area contributed by atoms with Crippen LogP contribution in [0.4, 0.5) is 13.2 Å². The number of carbonyl (C=O) groups excluding carboxylic acids is 1. The number of nitrogens with one attached hydrogen (secondary N) is 1. The van der Waals surface area contributed by atoms with Gasteiger partial charge in [0.05, 0.1) is 23.2 Å². The Labute approximate surface area is 126 Å². The zero-order valence-corrected chi connectivity index (χ0v) is 12.4. The average molecular weight is 310 g/mol. The van der Waals surface area contributed by atoms with Crippen LogP contribution >= 0.6 is 0 Å². The monoisotopic (exact) mass is 310 g/mol. The number of ketones is 1. The summed E-state index contributed by atoms with van der Waals surface area (Å²) in [6.07, 6.45) is -3.20. The smallest absolute Gasteiger partial charge is 0.306 e. The van der Waals surface area contributed by atoms with Crippen molar-refractivity contribution in [1.82, 2.24) is 5.43 Å². The fourth-order valence-corrected chi connectivity index (χ4v) is 3.38. The minimum absolute atomic E-state index is 0.0439. The van der Waals surface area contributed by atoms with E-state index < -0.39 is 17.7 Å². The molecule has 1 aliphatic heterocycles. The molecule has 22 heavy (non-hydrogen) atoms. The van der Waals surface area contributed by atoms with Gasteiger partial charge in [0.25, 0.3) is 0 Å². The maximum Gasteiger partial charge on any atom is 0.416 e. The molecule has 2 aliphatic rings. The van der Waals surface area contributed by atoms with Crippen LogP contribution in [-0.4, -0.2) is 17.5 Å². The highest BCUT2D eigenvalue weighted by Crippen LogP contribution is 2.40. The van der Waals surface area contributed by atoms with Gasteiger partial charge in [-0.05, 0) is 29.5 Å². The van der Waals surface area contributed by atoms with Crippen LogP contribution in [0.1, 0.15) is 37.8 Å². The summed E-state index contributed by atoms with van der Waals surface area (Å²) in [6, 6.07) is 4.89. The molecule has 1 N–H and O–H groups in total. The summed E-state index contributed by atoms with van der Waals surface area (Å²) in [5.41, 5.74) is 2.90. The first-order chi connectivity index (χ1) is 10.2. The normalized spacial score (nSPS) is 27.1. The molecule has 2 atom stereocenters. The predicted molar refractivity (Wildman–Crippen MR) is 76.4 cm³/mol. The Bertz CT molecular complexity index is 649. The van der Waals surface area contributed by atoms with Crippen LogP contribution in [0.5, 0.6) is 0 Å². The van der Waals surface area contributed by atoms with Crippen molar-refractivity contribution in [3.05, 3.63) is 35.4 Å². The van der Waals surface area contributed by atoms with Gasteiger partial charge in [0.1, 0.15) is 5.78 Å². The highest BCUT2D eigenvalue weighted by molar-refractivity contribution is 6.15. The number of carbonyl (C=O) groups is 1. The van der Waals surface area contributed by atoms with Crippen LogP contribution in [0.15, 0.2) is 29.4 Å². The summed E-state index contributed by atoms with van der Waals surface area (Å²) in [4.78, 5) is 12.4. The molecule has 0 spiro atoms. The van der Waals surface area contributed by atoms with Crippen molar-refractivity contribution in [2.24, 2.45) is 16.4 Å². The summed E-state index contributed by atoms with van der Waals surface area (Å²) in [7, 11) is 0. The van der Waals surface area contributed by atoms with Gasteiger partial charge in [0, 0.05) is 6.42 Å². The lowest BCUT2D eigenvalue weighted by atomic mass is 9.68. The summed E-state index contributed by atoms with van der Waals surface area (Å²) < 4.78 is 38.5. The van der Waals surface area contributed by atoms with E-state index in [1.165, 1.54) is 6.07 Å². The lowest BCUT2D eigenvalue weighted by Gasteiger charge is -2.36. The molecule has 118 valence electrons. The van der Waals surface area contributed by atoms with E-state index >= 15 is 0 Å². The maximum absolute atomic E-state index is 12.8. The van der Waals surface area contributed by atoms with Crippen LogP contribution in [0, 0.1) is 11.3 Å². The molecule has 1 saturated carbocycles. The molecule has 1 aromatic rings. The van der Waals surface area contributed by atoms with Crippen LogP contribution in [0.3, 0.4) is 0 Å². The Balaban J connectivity index is 1.93. The summed E-state index contributed by atoms with van der Waals surface area (Å²) in [6.45, 7) is 4.04. The van der Waals surface area contributed by atoms with Crippen LogP contribution in [0.25, 0.3) is 0 Å². The Morgan fingerprint density at radius 1 is 1.32 bits per heavy atom. The number of Topliss-reactive ketones (excluding diaryl/α,β-unsaturated/α-hetero) is 1. The number of hydrazone groups is 1. The molecule has 0 aromatic heterocycles. The van der Waals surface area contributed by atoms with Gasteiger partial charge in [-0.25, -0.2) is 0 Å². The van der Waals surface area contributed by atoms with Crippen LogP contribution in [0.2, 0.25) is 0 Å². The topological polar surface area (TPSA) is 41.5 Å². The van der Waals surface area contributed by atoms with Gasteiger partial charge in [0.2, 0.25) is 0 Å². The van der Waals surface area contributed by atoms with E-state index in [-0.39, 0.29) is 17.2 Å². The van der Waals surface area contributed by atoms with Gasteiger partial charge in [-0.2, -0.15) is 18.3 Å². The van der Waals surface area contributed by atoms with E-state index in [2.05, 4.69) is 10.5 Å². The van der Waals surface area contributed by atoms with Gasteiger partial charge >= 0.3 is 6.18 Å². The van der Waals surface area contributed by atoms with Crippen molar-refractivity contribution < 1.29 is 18.0 Å². The molecule has 0 bridgehead atoms. The quantitative estimate of drug-likeness (QED) is 0.864. The Hall–Kier alpha value is -1.85. The number of benzene rings is 1. The first kappa shape index (κ1) is 15.1. The molecule has 1 fully saturated rings. The zero-order valence-electron chi connectivity index (χ0n) is 12.4. The Morgan fingerprint density at radius 2 is 2.05 bits per heavy atom. The maximum atomic E-state index is 12.8. The minimum Gasteiger partial charge on any atom is -0.306 e. The standard InChI is InChI=1S/C16H17F3N2O/c1-15(2)7-11-13(12(22)8-15)14(21-20-11)9-4-3-5-10(6-9)16(17,18)19/h3-6,11,13,20H,7-8H2,1-2H3. The molecule has 0 amide bonds. The number of rotatable bonds is 1. The SMILES string of the molecule is CC1(C)CC(=O)C2C(c3cccc(C(F)(F)F)c3)=NNC2C1. The minimum atomic E-state index is -4.40. The molecular formula is C16H17F3N2O. The van der Waals surface area contributed by atoms with Crippen molar-refractivity contribution in [3.8, 4) is 0 Å². The average Bonchev–Trinajstić information content (AvgIpc) is 2.80. The number of halogens is 3. The lowest BCUT2D eigenvalue weighted by molar-refractivity contribution is -0.137. The van der Waals surface area contributed by atoms with E-state index in [9.17, 15) is 18.0 Å². The van der Waals surface area contributed by atoms with Gasteiger partial charge in [-0.3, -0.25) is 4.79 Å². The summed E-state index contributed by atoms with van der Waals surface area (Å²) in [5, 5.41) is 4.17. The van der Waals surface area contributed by atoms with E-state index in [4.69, 9.17) is 0 Å². The second-order valence-corrected chi connectivity index (χ2v) is 6.80. The third kappa shape index (κ3) is 2.62. The van der Waals surface area contributed by atoms with E-state index in [0.717, 1.165) is 18.6 Å². The van der Waals surface area contributed by atoms with Gasteiger partial charge < -0.3 is 5.43 Å². The molecule has 2 unspecified atom stereocenters. The molecule has 3 nitrogen and oxygen atoms in total. The Kier molecular flexibility index (Phi) is 3.30. The molecule has 1 heterocycles. The van der Waals surface area contributed by atoms with Crippen molar-refractivity contribution in [2.45, 2.75) is 38.9 Å². The summed E-state index contributed by atoms with van der Waals surface area (Å²) >= 11 is 0. The number of nitrogens with zero attached hydrogens (tertiary/aromatic N) is 1. The van der Waals surface area contributed by atoms with Crippen molar-refractivity contribution in [3.63, 3.8) is 0 Å². The molecule has 3 rings (SSSR count). The second kappa shape index (κ2) is 4.83. The molecule has 1 aromatic carbocycles. The fraction of sp³-hybridized carbons (Fsp3) is 0.500. The molecule has 1 aliphatic carbocycles. The number of alkyl halides is 3. The molecule has 0 radical (unpaired) electrons. The highest BCUT2D eigenvalue weighted by Gasteiger charge is 2.46. The van der Waals surface area contributed by atoms with Gasteiger partial charge in [-0.1, -0.05) is 26.0 Å². The lowest BCUT2D eigenvalue weighted by Crippen LogP contribution is -2.45. The third-order valence-corrected chi connectivity index (χ3v) is 4.31. The van der Waals surface area contributed by atoms with E-state index in [1.807, 2.05) is 13.8 Å². The zero-order chi connectivity index (χ0) is 16.1. The number of hydrogen-bond acceptors (Lipinski definition) is 3. The third-order valence-electron chi connectivity index (χ3n) is 4.31. The fourth-order valence-electron chi connectivity index (χ4n) is 3.38. The van der Waals surface area contributed by atoms with Crippen molar-refractivity contribution >= 4 is 11.5 Å². The first-order valence-electron chi connectivity index (χ1n) is 7.21. The predicted octanol–water partition coefficient (Wildman–Crippen LogP) is 3.39. The van der Waals surface area contributed by atoms with Crippen LogP contribution < -0.4 is 5.43 Å². The number of fused-ring (bicyclic) bond motifs is 1. The van der Waals surface area contributed by atoms with E-state index in [0.29, 0.717) is 17.7 Å². The van der Waals surface area contributed by atoms with Crippen molar-refractivity contribution in [1.29, 1.82) is 0 Å². The van der Waals surface area contributed by atoms with E-state index in [1.54, 1.807) is 6.07 Å². The van der Waals surface area contributed by atoms with Crippen LogP contribution in [-0.2, 0) is 11.0 Å². The van der Waals surface area contributed by atoms with Gasteiger partial charge in [-0.15, -0.1) is 0 Å². The molecule has 0 saturated heterocycles. The van der Waals surface area contributed by atoms with Gasteiger partial charge in [0.15, 0.2) is 0 Å².